The van der Waals surface area contributed by atoms with Gasteiger partial charge in [0.25, 0.3) is 5.91 Å². The van der Waals surface area contributed by atoms with Crippen LogP contribution in [0.5, 0.6) is 0 Å². The largest absolute Gasteiger partial charge is 0.443 e. The Hall–Kier alpha value is -2.33. The minimum atomic E-state index is -4.90. The molecule has 2 heterocycles. The van der Waals surface area contributed by atoms with E-state index in [-0.39, 0.29) is 26.9 Å². The summed E-state index contributed by atoms with van der Waals surface area (Å²) in [5.41, 5.74) is 5.35. The molecule has 1 aliphatic rings. The van der Waals surface area contributed by atoms with Crippen LogP contribution < -0.4 is 11.1 Å². The van der Waals surface area contributed by atoms with E-state index in [0.29, 0.717) is 0 Å². The van der Waals surface area contributed by atoms with Crippen molar-refractivity contribution < 1.29 is 37.2 Å². The number of oxime groups is 1. The number of ether oxygens (including phenoxy) is 1. The van der Waals surface area contributed by atoms with E-state index in [4.69, 9.17) is 19.9 Å². The van der Waals surface area contributed by atoms with E-state index in [1.54, 1.807) is 13.8 Å². The summed E-state index contributed by atoms with van der Waals surface area (Å²) in [6.07, 6.45) is -3.90. The first kappa shape index (κ1) is 22.0. The summed E-state index contributed by atoms with van der Waals surface area (Å²) in [6, 6.07) is -1.38. The molecule has 1 aromatic heterocycles. The number of nitrogens with one attached hydrogen (secondary N) is 1. The van der Waals surface area contributed by atoms with Gasteiger partial charge >= 0.3 is 16.3 Å². The van der Waals surface area contributed by atoms with Crippen molar-refractivity contribution >= 4 is 44.4 Å². The lowest BCUT2D eigenvalue weighted by atomic mass is 10.1. The normalized spacial score (nSPS) is 23.2. The zero-order valence-corrected chi connectivity index (χ0v) is 16.6. The Labute approximate surface area is 164 Å². The zero-order valence-electron chi connectivity index (χ0n) is 15.0. The molecule has 3 atom stereocenters. The number of carbonyl (C=O) groups excluding carboxylic acids is 2. The van der Waals surface area contributed by atoms with Crippen molar-refractivity contribution in [3.05, 3.63) is 11.1 Å². The van der Waals surface area contributed by atoms with Crippen molar-refractivity contribution in [3.63, 3.8) is 0 Å². The maximum Gasteiger partial charge on any atom is 0.341 e. The highest BCUT2D eigenvalue weighted by Crippen LogP contribution is 2.29. The maximum atomic E-state index is 12.6. The average Bonchev–Trinajstić information content (AvgIpc) is 2.96. The first-order valence-corrected chi connectivity index (χ1v) is 10.1. The van der Waals surface area contributed by atoms with Gasteiger partial charge in [-0.05, 0) is 13.8 Å². The standard InChI is InChI=1S/C13H19N5O8S2/c1-5(2)26-17-8(7-4-27-13(14)15-7)10(20)16-9-11(21)18(28(22,23)24)12(9)25-6(3)19/h4-5,9,11-12,21H,1-3H3,(H2,14,15)(H,16,20)(H,22,23,24)/t9-,11?,12-/m0/s1. The van der Waals surface area contributed by atoms with E-state index in [9.17, 15) is 23.1 Å². The zero-order chi connectivity index (χ0) is 21.2. The Morgan fingerprint density at radius 2 is 2.11 bits per heavy atom. The van der Waals surface area contributed by atoms with Gasteiger partial charge in [-0.1, -0.05) is 5.16 Å². The Balaban J connectivity index is 2.26. The highest BCUT2D eigenvalue weighted by Gasteiger charge is 2.57. The van der Waals surface area contributed by atoms with Crippen LogP contribution in [0.1, 0.15) is 26.5 Å². The summed E-state index contributed by atoms with van der Waals surface area (Å²) >= 11 is 1.05. The van der Waals surface area contributed by atoms with E-state index < -0.39 is 40.7 Å². The van der Waals surface area contributed by atoms with Gasteiger partial charge in [0.15, 0.2) is 23.3 Å². The Morgan fingerprint density at radius 1 is 1.46 bits per heavy atom. The Kier molecular flexibility index (Phi) is 6.56. The van der Waals surface area contributed by atoms with Crippen molar-refractivity contribution in [1.82, 2.24) is 14.6 Å². The van der Waals surface area contributed by atoms with Crippen LogP contribution in [0.3, 0.4) is 0 Å². The fourth-order valence-electron chi connectivity index (χ4n) is 2.20. The number of nitrogens with zero attached hydrogens (tertiary/aromatic N) is 3. The molecular formula is C13H19N5O8S2. The Bertz CT molecular complexity index is 883. The van der Waals surface area contributed by atoms with Crippen LogP contribution in [0.15, 0.2) is 10.5 Å². The number of hydrogen-bond donors (Lipinski definition) is 4. The lowest BCUT2D eigenvalue weighted by Crippen LogP contribution is -2.75. The smallest absolute Gasteiger partial charge is 0.341 e. The summed E-state index contributed by atoms with van der Waals surface area (Å²) in [6.45, 7) is 4.34. The SMILES string of the molecule is CC(=O)O[C@H]1[C@@H](NC(=O)C(=NOC(C)C)c2csc(N)n2)C(O)N1S(=O)(=O)O. The van der Waals surface area contributed by atoms with Gasteiger partial charge in [0.1, 0.15) is 17.8 Å². The number of nitrogen functional groups attached to an aromatic ring is 1. The van der Waals surface area contributed by atoms with E-state index in [2.05, 4.69) is 15.5 Å². The molecule has 0 aliphatic carbocycles. The summed E-state index contributed by atoms with van der Waals surface area (Å²) in [5.74, 6) is -1.80. The van der Waals surface area contributed by atoms with Gasteiger partial charge < -0.3 is 25.7 Å². The number of esters is 1. The van der Waals surface area contributed by atoms with Crippen molar-refractivity contribution in [1.29, 1.82) is 0 Å². The van der Waals surface area contributed by atoms with Crippen LogP contribution in [0.2, 0.25) is 0 Å². The molecule has 0 spiro atoms. The number of aliphatic hydroxyl groups excluding tert-OH is 1. The van der Waals surface area contributed by atoms with Crippen molar-refractivity contribution in [2.24, 2.45) is 5.16 Å². The summed E-state index contributed by atoms with van der Waals surface area (Å²) < 4.78 is 36.7. The topological polar surface area (TPSA) is 194 Å². The van der Waals surface area contributed by atoms with E-state index in [1.165, 1.54) is 5.38 Å². The molecule has 1 amide bonds. The van der Waals surface area contributed by atoms with Crippen LogP contribution in [-0.4, -0.2) is 69.6 Å². The minimum absolute atomic E-state index is 0.0881. The monoisotopic (exact) mass is 437 g/mol. The van der Waals surface area contributed by atoms with Crippen molar-refractivity contribution in [3.8, 4) is 0 Å². The minimum Gasteiger partial charge on any atom is -0.443 e. The van der Waals surface area contributed by atoms with Crippen molar-refractivity contribution in [2.45, 2.75) is 45.4 Å². The number of carbonyl (C=O) groups is 2. The van der Waals surface area contributed by atoms with Gasteiger partial charge in [-0.3, -0.25) is 14.1 Å². The number of hydrogen-bond acceptors (Lipinski definition) is 11. The molecule has 1 aromatic rings. The molecule has 156 valence electrons. The second-order valence-electron chi connectivity index (χ2n) is 5.89. The molecule has 15 heteroatoms. The molecule has 28 heavy (non-hydrogen) atoms. The van der Waals surface area contributed by atoms with Crippen LogP contribution >= 0.6 is 11.3 Å². The second-order valence-corrected chi connectivity index (χ2v) is 8.09. The van der Waals surface area contributed by atoms with Crippen LogP contribution in [-0.2, 0) is 29.5 Å². The number of nitrogens with two attached hydrogens (primary N) is 1. The number of amides is 1. The summed E-state index contributed by atoms with van der Waals surface area (Å²) in [5, 5.41) is 17.6. The molecule has 0 bridgehead atoms. The fraction of sp³-hybridized carbons (Fsp3) is 0.538. The molecule has 0 aromatic carbocycles. The molecular weight excluding hydrogens is 418 g/mol. The average molecular weight is 437 g/mol. The third kappa shape index (κ3) is 4.93. The first-order valence-electron chi connectivity index (χ1n) is 7.79. The second kappa shape index (κ2) is 8.36. The number of anilines is 1. The number of rotatable bonds is 7. The molecule has 0 radical (unpaired) electrons. The van der Waals surface area contributed by atoms with Gasteiger partial charge in [-0.15, -0.1) is 15.6 Å². The van der Waals surface area contributed by atoms with Crippen molar-refractivity contribution in [2.75, 3.05) is 5.73 Å². The fourth-order valence-corrected chi connectivity index (χ4v) is 3.59. The molecule has 5 N–H and O–H groups in total. The molecule has 1 fully saturated rings. The van der Waals surface area contributed by atoms with E-state index >= 15 is 0 Å². The molecule has 1 saturated heterocycles. The maximum absolute atomic E-state index is 12.6. The number of aromatic nitrogens is 1. The van der Waals surface area contributed by atoms with Crippen LogP contribution in [0.25, 0.3) is 0 Å². The number of thiazole rings is 1. The van der Waals surface area contributed by atoms with Gasteiger partial charge in [-0.25, -0.2) is 4.98 Å². The first-order chi connectivity index (χ1) is 12.9. The lowest BCUT2D eigenvalue weighted by molar-refractivity contribution is -0.208. The van der Waals surface area contributed by atoms with E-state index in [1.807, 2.05) is 0 Å². The molecule has 0 saturated carbocycles. The van der Waals surface area contributed by atoms with Crippen LogP contribution in [0.4, 0.5) is 5.13 Å². The van der Waals surface area contributed by atoms with E-state index in [0.717, 1.165) is 18.3 Å². The lowest BCUT2D eigenvalue weighted by Gasteiger charge is -2.47. The predicted molar refractivity (Wildman–Crippen MR) is 96.2 cm³/mol. The highest BCUT2D eigenvalue weighted by atomic mass is 32.2. The summed E-state index contributed by atoms with van der Waals surface area (Å²) in [7, 11) is -4.90. The van der Waals surface area contributed by atoms with Gasteiger partial charge in [0.05, 0.1) is 0 Å². The molecule has 2 rings (SSSR count). The quantitative estimate of drug-likeness (QED) is 0.172. The Morgan fingerprint density at radius 3 is 2.57 bits per heavy atom. The van der Waals surface area contributed by atoms with Crippen LogP contribution in [0, 0.1) is 0 Å². The molecule has 1 aliphatic heterocycles. The van der Waals surface area contributed by atoms with Gasteiger partial charge in [0, 0.05) is 12.3 Å². The predicted octanol–water partition coefficient (Wildman–Crippen LogP) is -1.33. The number of aliphatic hydroxyl groups is 1. The summed E-state index contributed by atoms with van der Waals surface area (Å²) in [4.78, 5) is 32.8. The highest BCUT2D eigenvalue weighted by molar-refractivity contribution is 7.83. The molecule has 1 unspecified atom stereocenters. The third-order valence-electron chi connectivity index (χ3n) is 3.33. The van der Waals surface area contributed by atoms with Gasteiger partial charge in [-0.2, -0.15) is 8.42 Å². The molecule has 13 nitrogen and oxygen atoms in total. The third-order valence-corrected chi connectivity index (χ3v) is 4.96. The van der Waals surface area contributed by atoms with Gasteiger partial charge in [0.2, 0.25) is 0 Å².